The van der Waals surface area contributed by atoms with E-state index in [1.165, 1.54) is 38.4 Å². The Kier molecular flexibility index (Phi) is 6.42. The van der Waals surface area contributed by atoms with Crippen LogP contribution in [0.1, 0.15) is 0 Å². The van der Waals surface area contributed by atoms with Crippen molar-refractivity contribution in [1.82, 2.24) is 0 Å². The molecule has 0 spiro atoms. The molecule has 0 saturated heterocycles. The highest BCUT2D eigenvalue weighted by Crippen LogP contribution is 2.40. The number of benzene rings is 7. The molecule has 0 N–H and O–H groups in total. The topological polar surface area (TPSA) is 6.48 Å². The van der Waals surface area contributed by atoms with E-state index in [0.717, 1.165) is 22.7 Å². The van der Waals surface area contributed by atoms with Crippen LogP contribution in [-0.4, -0.2) is 7.05 Å². The third-order valence-electron chi connectivity index (χ3n) is 7.86. The average molecular weight is 527 g/mol. The Balaban J connectivity index is 1.28. The molecule has 0 fully saturated rings. The lowest BCUT2D eigenvalue weighted by atomic mass is 10.0. The van der Waals surface area contributed by atoms with E-state index in [-0.39, 0.29) is 0 Å². The Labute approximate surface area is 241 Å². The molecule has 0 amide bonds. The minimum absolute atomic E-state index is 1.12. The SMILES string of the molecule is CN(c1ccc(N(c2ccc(-c3ccccc3)cc2)c2cccc3ccccc23)cc1)c1ccc2ccccc2c1. The van der Waals surface area contributed by atoms with Gasteiger partial charge >= 0.3 is 0 Å². The lowest BCUT2D eigenvalue weighted by Crippen LogP contribution is -2.12. The standard InChI is InChI=1S/C39H30N2/c1-40(37-23-20-30-12-5-6-14-33(30)28-37)34-24-26-36(27-25-34)41(39-17-9-15-32-13-7-8-16-38(32)39)35-21-18-31(19-22-35)29-10-3-2-4-11-29/h2-28H,1H3. The Hall–Kier alpha value is -5.34. The summed E-state index contributed by atoms with van der Waals surface area (Å²) < 4.78 is 0. The summed E-state index contributed by atoms with van der Waals surface area (Å²) in [5, 5.41) is 4.95. The van der Waals surface area contributed by atoms with Crippen molar-refractivity contribution in [3.63, 3.8) is 0 Å². The lowest BCUT2D eigenvalue weighted by Gasteiger charge is -2.28. The molecule has 7 aromatic rings. The third-order valence-corrected chi connectivity index (χ3v) is 7.86. The summed E-state index contributed by atoms with van der Waals surface area (Å²) in [5.74, 6) is 0. The molecule has 7 rings (SSSR count). The molecule has 0 aromatic heterocycles. The van der Waals surface area contributed by atoms with Gasteiger partial charge in [0.1, 0.15) is 0 Å². The van der Waals surface area contributed by atoms with Gasteiger partial charge in [0, 0.05) is 35.2 Å². The molecule has 41 heavy (non-hydrogen) atoms. The first-order valence-corrected chi connectivity index (χ1v) is 14.0. The van der Waals surface area contributed by atoms with Crippen LogP contribution >= 0.6 is 0 Å². The van der Waals surface area contributed by atoms with Crippen molar-refractivity contribution in [3.05, 3.63) is 164 Å². The monoisotopic (exact) mass is 526 g/mol. The van der Waals surface area contributed by atoms with Crippen LogP contribution in [0.15, 0.2) is 164 Å². The second-order valence-corrected chi connectivity index (χ2v) is 10.4. The highest BCUT2D eigenvalue weighted by atomic mass is 15.1. The van der Waals surface area contributed by atoms with Crippen LogP contribution < -0.4 is 9.80 Å². The Bertz CT molecular complexity index is 1940. The molecule has 0 radical (unpaired) electrons. The molecule has 0 aliphatic heterocycles. The predicted molar refractivity (Wildman–Crippen MR) is 176 cm³/mol. The van der Waals surface area contributed by atoms with Gasteiger partial charge in [-0.05, 0) is 81.9 Å². The van der Waals surface area contributed by atoms with Crippen LogP contribution in [0.2, 0.25) is 0 Å². The van der Waals surface area contributed by atoms with E-state index >= 15 is 0 Å². The molecule has 0 atom stereocenters. The molecule has 0 heterocycles. The van der Waals surface area contributed by atoms with E-state index in [0.29, 0.717) is 0 Å². The minimum Gasteiger partial charge on any atom is -0.345 e. The number of fused-ring (bicyclic) bond motifs is 2. The first kappa shape index (κ1) is 24.7. The second-order valence-electron chi connectivity index (χ2n) is 10.4. The van der Waals surface area contributed by atoms with Crippen LogP contribution in [0.3, 0.4) is 0 Å². The van der Waals surface area contributed by atoms with E-state index in [9.17, 15) is 0 Å². The van der Waals surface area contributed by atoms with Gasteiger partial charge in [0.25, 0.3) is 0 Å². The summed E-state index contributed by atoms with van der Waals surface area (Å²) in [4.78, 5) is 4.60. The second kappa shape index (κ2) is 10.7. The zero-order valence-corrected chi connectivity index (χ0v) is 23.0. The molecule has 0 aliphatic rings. The van der Waals surface area contributed by atoms with Crippen LogP contribution in [0.5, 0.6) is 0 Å². The lowest BCUT2D eigenvalue weighted by molar-refractivity contribution is 1.21. The van der Waals surface area contributed by atoms with Crippen molar-refractivity contribution in [2.75, 3.05) is 16.8 Å². The molecule has 0 unspecified atom stereocenters. The number of nitrogens with zero attached hydrogens (tertiary/aromatic N) is 2. The van der Waals surface area contributed by atoms with Crippen LogP contribution in [0, 0.1) is 0 Å². The zero-order valence-electron chi connectivity index (χ0n) is 23.0. The van der Waals surface area contributed by atoms with E-state index in [4.69, 9.17) is 0 Å². The highest BCUT2D eigenvalue weighted by molar-refractivity contribution is 5.99. The van der Waals surface area contributed by atoms with Crippen LogP contribution in [0.4, 0.5) is 28.4 Å². The molecule has 0 aliphatic carbocycles. The van der Waals surface area contributed by atoms with Gasteiger partial charge in [-0.25, -0.2) is 0 Å². The molecule has 0 bridgehead atoms. The average Bonchev–Trinajstić information content (AvgIpc) is 3.05. The molecule has 2 heteroatoms. The van der Waals surface area contributed by atoms with Crippen molar-refractivity contribution in [2.24, 2.45) is 0 Å². The number of hydrogen-bond donors (Lipinski definition) is 0. The molecule has 196 valence electrons. The predicted octanol–water partition coefficient (Wildman–Crippen LogP) is 10.9. The fourth-order valence-corrected chi connectivity index (χ4v) is 5.62. The maximum absolute atomic E-state index is 2.36. The Morgan fingerprint density at radius 1 is 0.366 bits per heavy atom. The first-order chi connectivity index (χ1) is 20.2. The van der Waals surface area contributed by atoms with Gasteiger partial charge in [-0.3, -0.25) is 0 Å². The zero-order chi connectivity index (χ0) is 27.6. The molecule has 2 nitrogen and oxygen atoms in total. The third kappa shape index (κ3) is 4.81. The van der Waals surface area contributed by atoms with Crippen molar-refractivity contribution in [1.29, 1.82) is 0 Å². The molecule has 0 saturated carbocycles. The summed E-state index contributed by atoms with van der Waals surface area (Å²) in [7, 11) is 2.13. The van der Waals surface area contributed by atoms with E-state index in [2.05, 4.69) is 181 Å². The van der Waals surface area contributed by atoms with Crippen molar-refractivity contribution < 1.29 is 0 Å². The fourth-order valence-electron chi connectivity index (χ4n) is 5.62. The normalized spacial score (nSPS) is 11.0. The summed E-state index contributed by atoms with van der Waals surface area (Å²) >= 11 is 0. The fraction of sp³-hybridized carbons (Fsp3) is 0.0256. The van der Waals surface area contributed by atoms with Gasteiger partial charge in [-0.1, -0.05) is 109 Å². The van der Waals surface area contributed by atoms with Gasteiger partial charge < -0.3 is 9.80 Å². The molecular formula is C39H30N2. The van der Waals surface area contributed by atoms with E-state index in [1.54, 1.807) is 0 Å². The molecular weight excluding hydrogens is 496 g/mol. The summed E-state index contributed by atoms with van der Waals surface area (Å²) in [5.41, 5.74) is 8.13. The Morgan fingerprint density at radius 3 is 1.66 bits per heavy atom. The van der Waals surface area contributed by atoms with Gasteiger partial charge in [0.2, 0.25) is 0 Å². The highest BCUT2D eigenvalue weighted by Gasteiger charge is 2.16. The number of rotatable bonds is 6. The summed E-state index contributed by atoms with van der Waals surface area (Å²) in [6, 6.07) is 58.5. The van der Waals surface area contributed by atoms with E-state index in [1.807, 2.05) is 0 Å². The van der Waals surface area contributed by atoms with Gasteiger partial charge in [0.05, 0.1) is 5.69 Å². The van der Waals surface area contributed by atoms with E-state index < -0.39 is 0 Å². The summed E-state index contributed by atoms with van der Waals surface area (Å²) in [6.07, 6.45) is 0. The van der Waals surface area contributed by atoms with Crippen molar-refractivity contribution in [2.45, 2.75) is 0 Å². The van der Waals surface area contributed by atoms with Crippen LogP contribution in [0.25, 0.3) is 32.7 Å². The van der Waals surface area contributed by atoms with Crippen molar-refractivity contribution >= 4 is 50.0 Å². The number of hydrogen-bond acceptors (Lipinski definition) is 2. The maximum atomic E-state index is 2.36. The summed E-state index contributed by atoms with van der Waals surface area (Å²) in [6.45, 7) is 0. The molecule has 7 aromatic carbocycles. The van der Waals surface area contributed by atoms with Gasteiger partial charge in [-0.2, -0.15) is 0 Å². The van der Waals surface area contributed by atoms with Gasteiger partial charge in [0.15, 0.2) is 0 Å². The number of anilines is 5. The largest absolute Gasteiger partial charge is 0.345 e. The van der Waals surface area contributed by atoms with Crippen molar-refractivity contribution in [3.8, 4) is 11.1 Å². The Morgan fingerprint density at radius 2 is 0.902 bits per heavy atom. The van der Waals surface area contributed by atoms with Gasteiger partial charge in [-0.15, -0.1) is 0 Å². The quantitative estimate of drug-likeness (QED) is 0.213. The smallest absolute Gasteiger partial charge is 0.0540 e. The minimum atomic E-state index is 1.12. The first-order valence-electron chi connectivity index (χ1n) is 14.0. The van der Waals surface area contributed by atoms with Crippen LogP contribution in [-0.2, 0) is 0 Å². The maximum Gasteiger partial charge on any atom is 0.0540 e.